The maximum absolute atomic E-state index is 12.8. The molecule has 1 aliphatic heterocycles. The second-order valence-corrected chi connectivity index (χ2v) is 6.27. The maximum Gasteiger partial charge on any atom is 0.239 e. The number of fused-ring (bicyclic) bond motifs is 1. The summed E-state index contributed by atoms with van der Waals surface area (Å²) >= 11 is 0. The van der Waals surface area contributed by atoms with Crippen molar-refractivity contribution in [1.29, 1.82) is 0 Å². The number of rotatable bonds is 8. The van der Waals surface area contributed by atoms with Crippen LogP contribution in [0.3, 0.4) is 0 Å². The summed E-state index contributed by atoms with van der Waals surface area (Å²) in [5.74, 6) is 0.952. The molecule has 0 aromatic heterocycles. The van der Waals surface area contributed by atoms with Crippen molar-refractivity contribution in [3.8, 4) is 0 Å². The lowest BCUT2D eigenvalue weighted by molar-refractivity contribution is -0.134. The Morgan fingerprint density at radius 2 is 1.90 bits per heavy atom. The first-order valence-electron chi connectivity index (χ1n) is 8.29. The van der Waals surface area contributed by atoms with E-state index >= 15 is 0 Å². The zero-order valence-corrected chi connectivity index (χ0v) is 13.5. The number of methoxy groups -OCH3 is 2. The van der Waals surface area contributed by atoms with Crippen molar-refractivity contribution in [3.63, 3.8) is 0 Å². The Morgan fingerprint density at radius 1 is 1.14 bits per heavy atom. The van der Waals surface area contributed by atoms with E-state index in [0.29, 0.717) is 31.7 Å². The third-order valence-corrected chi connectivity index (χ3v) is 4.81. The van der Waals surface area contributed by atoms with Crippen LogP contribution >= 0.6 is 0 Å². The van der Waals surface area contributed by atoms with Crippen LogP contribution in [0, 0.1) is 5.92 Å². The predicted octanol–water partition coefficient (Wildman–Crippen LogP) is 1.42. The molecule has 2 rings (SSSR count). The first kappa shape index (κ1) is 16.7. The van der Waals surface area contributed by atoms with Crippen molar-refractivity contribution in [1.82, 2.24) is 10.2 Å². The molecule has 1 heterocycles. The average Bonchev–Trinajstić information content (AvgIpc) is 2.94. The first-order valence-corrected chi connectivity index (χ1v) is 8.29. The third kappa shape index (κ3) is 4.66. The van der Waals surface area contributed by atoms with Gasteiger partial charge in [-0.1, -0.05) is 12.8 Å². The molecule has 2 fully saturated rings. The molecule has 0 spiro atoms. The Balaban J connectivity index is 1.87. The molecule has 0 aromatic rings. The van der Waals surface area contributed by atoms with Crippen LogP contribution in [0.1, 0.15) is 38.5 Å². The van der Waals surface area contributed by atoms with Gasteiger partial charge in [0.25, 0.3) is 0 Å². The number of carbonyl (C=O) groups is 1. The van der Waals surface area contributed by atoms with Gasteiger partial charge in [-0.05, 0) is 31.6 Å². The van der Waals surface area contributed by atoms with E-state index in [0.717, 1.165) is 19.4 Å². The number of carbonyl (C=O) groups excluding carboxylic acids is 1. The summed E-state index contributed by atoms with van der Waals surface area (Å²) in [6.45, 7) is 2.72. The summed E-state index contributed by atoms with van der Waals surface area (Å²) in [5, 5.41) is 3.58. The molecule has 21 heavy (non-hydrogen) atoms. The second-order valence-electron chi connectivity index (χ2n) is 6.27. The molecule has 3 atom stereocenters. The van der Waals surface area contributed by atoms with E-state index in [9.17, 15) is 4.79 Å². The fraction of sp³-hybridized carbons (Fsp3) is 0.938. The maximum atomic E-state index is 12.8. The molecule has 0 aromatic carbocycles. The van der Waals surface area contributed by atoms with Gasteiger partial charge in [0.2, 0.25) is 5.91 Å². The minimum atomic E-state index is 0.0116. The summed E-state index contributed by atoms with van der Waals surface area (Å²) in [6.07, 6.45) is 7.03. The molecular formula is C16H30N2O3. The van der Waals surface area contributed by atoms with Crippen molar-refractivity contribution in [3.05, 3.63) is 0 Å². The third-order valence-electron chi connectivity index (χ3n) is 4.81. The van der Waals surface area contributed by atoms with E-state index in [1.54, 1.807) is 14.2 Å². The van der Waals surface area contributed by atoms with Gasteiger partial charge in [-0.25, -0.2) is 0 Å². The van der Waals surface area contributed by atoms with Crippen LogP contribution in [-0.4, -0.2) is 63.4 Å². The van der Waals surface area contributed by atoms with Gasteiger partial charge in [0.05, 0.1) is 12.6 Å². The zero-order valence-electron chi connectivity index (χ0n) is 13.5. The normalized spacial score (nSPS) is 28.4. The Kier molecular flexibility index (Phi) is 6.93. The first-order chi connectivity index (χ1) is 10.3. The van der Waals surface area contributed by atoms with Gasteiger partial charge in [-0.3, -0.25) is 4.79 Å². The van der Waals surface area contributed by atoms with Crippen molar-refractivity contribution in [2.24, 2.45) is 5.92 Å². The molecule has 1 saturated heterocycles. The monoisotopic (exact) mass is 298 g/mol. The molecule has 1 amide bonds. The molecule has 1 aliphatic carbocycles. The van der Waals surface area contributed by atoms with Gasteiger partial charge < -0.3 is 19.7 Å². The van der Waals surface area contributed by atoms with Crippen LogP contribution in [0.2, 0.25) is 0 Å². The lowest BCUT2D eigenvalue weighted by Gasteiger charge is -2.26. The fourth-order valence-corrected chi connectivity index (χ4v) is 3.66. The van der Waals surface area contributed by atoms with Crippen LogP contribution < -0.4 is 5.32 Å². The lowest BCUT2D eigenvalue weighted by atomic mass is 9.85. The van der Waals surface area contributed by atoms with Gasteiger partial charge >= 0.3 is 0 Å². The summed E-state index contributed by atoms with van der Waals surface area (Å²) in [6, 6.07) is 0.577. The van der Waals surface area contributed by atoms with Gasteiger partial charge in [-0.2, -0.15) is 0 Å². The van der Waals surface area contributed by atoms with Crippen molar-refractivity contribution < 1.29 is 14.3 Å². The molecule has 1 N–H and O–H groups in total. The number of hydrogen-bond acceptors (Lipinski definition) is 4. The van der Waals surface area contributed by atoms with Crippen molar-refractivity contribution >= 4 is 5.91 Å². The molecule has 122 valence electrons. The molecule has 3 unspecified atom stereocenters. The summed E-state index contributed by atoms with van der Waals surface area (Å²) < 4.78 is 10.2. The fourth-order valence-electron chi connectivity index (χ4n) is 3.66. The van der Waals surface area contributed by atoms with Gasteiger partial charge in [0, 0.05) is 40.0 Å². The Bertz CT molecular complexity index is 311. The van der Waals surface area contributed by atoms with Crippen LogP contribution in [0.5, 0.6) is 0 Å². The minimum absolute atomic E-state index is 0.0116. The van der Waals surface area contributed by atoms with E-state index in [1.807, 2.05) is 4.90 Å². The highest BCUT2D eigenvalue weighted by atomic mass is 16.5. The summed E-state index contributed by atoms with van der Waals surface area (Å²) in [4.78, 5) is 14.7. The van der Waals surface area contributed by atoms with E-state index in [-0.39, 0.29) is 11.9 Å². The van der Waals surface area contributed by atoms with Crippen LogP contribution in [0.25, 0.3) is 0 Å². The number of nitrogens with one attached hydrogen (secondary N) is 1. The van der Waals surface area contributed by atoms with Gasteiger partial charge in [0.1, 0.15) is 0 Å². The predicted molar refractivity (Wildman–Crippen MR) is 82.2 cm³/mol. The number of amides is 1. The molecule has 2 aliphatic rings. The highest BCUT2D eigenvalue weighted by Gasteiger charge is 2.39. The number of nitrogens with zero attached hydrogens (tertiary/aromatic N) is 1. The zero-order chi connectivity index (χ0) is 15.1. The standard InChI is InChI=1S/C16H30N2O3/c1-20-10-5-8-18(9-11-21-2)16(19)15-12-13-6-3-4-7-14(13)17-15/h13-15,17H,3-12H2,1-2H3. The van der Waals surface area contributed by atoms with Crippen LogP contribution in [0.4, 0.5) is 0 Å². The van der Waals surface area contributed by atoms with Crippen LogP contribution in [-0.2, 0) is 14.3 Å². The minimum Gasteiger partial charge on any atom is -0.385 e. The molecule has 1 saturated carbocycles. The van der Waals surface area contributed by atoms with Gasteiger partial charge in [0.15, 0.2) is 0 Å². The second kappa shape index (κ2) is 8.71. The lowest BCUT2D eigenvalue weighted by Crippen LogP contribution is -2.47. The topological polar surface area (TPSA) is 50.8 Å². The number of hydrogen-bond donors (Lipinski definition) is 1. The molecule has 5 heteroatoms. The van der Waals surface area contributed by atoms with E-state index in [1.165, 1.54) is 25.7 Å². The van der Waals surface area contributed by atoms with Gasteiger partial charge in [-0.15, -0.1) is 0 Å². The SMILES string of the molecule is COCCCN(CCOC)C(=O)C1CC2CCCCC2N1. The molecule has 5 nitrogen and oxygen atoms in total. The molecule has 0 radical (unpaired) electrons. The Hall–Kier alpha value is -0.650. The smallest absolute Gasteiger partial charge is 0.239 e. The highest BCUT2D eigenvalue weighted by molar-refractivity contribution is 5.82. The molecular weight excluding hydrogens is 268 g/mol. The summed E-state index contributed by atoms with van der Waals surface area (Å²) in [7, 11) is 3.38. The Morgan fingerprint density at radius 3 is 2.62 bits per heavy atom. The highest BCUT2D eigenvalue weighted by Crippen LogP contribution is 2.33. The van der Waals surface area contributed by atoms with Crippen molar-refractivity contribution in [2.75, 3.05) is 40.5 Å². The van der Waals surface area contributed by atoms with Crippen LogP contribution in [0.15, 0.2) is 0 Å². The quantitative estimate of drug-likeness (QED) is 0.689. The van der Waals surface area contributed by atoms with Crippen molar-refractivity contribution in [2.45, 2.75) is 50.6 Å². The summed E-state index contributed by atoms with van der Waals surface area (Å²) in [5.41, 5.74) is 0. The largest absolute Gasteiger partial charge is 0.385 e. The average molecular weight is 298 g/mol. The number of ether oxygens (including phenoxy) is 2. The molecule has 0 bridgehead atoms. The Labute approximate surface area is 128 Å². The van der Waals surface area contributed by atoms with E-state index in [4.69, 9.17) is 9.47 Å². The van der Waals surface area contributed by atoms with E-state index in [2.05, 4.69) is 5.32 Å². The van der Waals surface area contributed by atoms with E-state index < -0.39 is 0 Å².